The van der Waals surface area contributed by atoms with Gasteiger partial charge in [0.15, 0.2) is 0 Å². The molecule has 1 aliphatic rings. The van der Waals surface area contributed by atoms with Gasteiger partial charge in [0.1, 0.15) is 16.4 Å². The van der Waals surface area contributed by atoms with Crippen molar-refractivity contribution < 1.29 is 23.8 Å². The average molecular weight is 433 g/mol. The van der Waals surface area contributed by atoms with Crippen LogP contribution in [0.2, 0.25) is 0 Å². The molecule has 1 amide bonds. The molecule has 0 spiro atoms. The van der Waals surface area contributed by atoms with Gasteiger partial charge in [0, 0.05) is 17.7 Å². The number of methoxy groups -OCH3 is 2. The number of carbonyl (C=O) groups is 2. The number of nitrogens with one attached hydrogen (secondary N) is 1. The van der Waals surface area contributed by atoms with Gasteiger partial charge in [-0.15, -0.1) is 11.3 Å². The molecule has 1 N–H and O–H groups in total. The summed E-state index contributed by atoms with van der Waals surface area (Å²) in [7, 11) is 3.27. The molecule has 1 aromatic heterocycles. The zero-order chi connectivity index (χ0) is 21.7. The number of nitrogens with zero attached hydrogens (tertiary/aromatic N) is 1. The average Bonchev–Trinajstić information content (AvgIpc) is 3.33. The van der Waals surface area contributed by atoms with Gasteiger partial charge in [-0.05, 0) is 50.9 Å². The lowest BCUT2D eigenvalue weighted by atomic mass is 10.0. The molecule has 1 unspecified atom stereocenters. The van der Waals surface area contributed by atoms with Crippen molar-refractivity contribution in [3.63, 3.8) is 0 Å². The first-order valence-corrected chi connectivity index (χ1v) is 10.8. The molecule has 30 heavy (non-hydrogen) atoms. The summed E-state index contributed by atoms with van der Waals surface area (Å²) >= 11 is 1.24. The van der Waals surface area contributed by atoms with E-state index in [2.05, 4.69) is 10.2 Å². The van der Waals surface area contributed by atoms with E-state index in [1.807, 2.05) is 31.2 Å². The molecule has 7 nitrogen and oxygen atoms in total. The van der Waals surface area contributed by atoms with Crippen LogP contribution in [-0.4, -0.2) is 50.7 Å². The Bertz CT molecular complexity index is 911. The first-order chi connectivity index (χ1) is 14.5. The zero-order valence-electron chi connectivity index (χ0n) is 17.8. The number of esters is 1. The van der Waals surface area contributed by atoms with E-state index < -0.39 is 0 Å². The van der Waals surface area contributed by atoms with E-state index in [1.165, 1.54) is 11.3 Å². The van der Waals surface area contributed by atoms with Gasteiger partial charge in [-0.1, -0.05) is 6.07 Å². The standard InChI is InChI=1S/C22H28N2O5S/c1-5-29-22(26)21-14(2)11-20(30-21)23-19(25)13-24-10-6-7-17(24)16-9-8-15(27-3)12-18(16)28-4/h8-9,11-12,17H,5-7,10,13H2,1-4H3,(H,23,25). The number of hydrogen-bond acceptors (Lipinski definition) is 7. The van der Waals surface area contributed by atoms with Crippen molar-refractivity contribution in [3.8, 4) is 11.5 Å². The number of rotatable bonds is 8. The first-order valence-electron chi connectivity index (χ1n) is 10.00. The van der Waals surface area contributed by atoms with Crippen LogP contribution in [0.15, 0.2) is 24.3 Å². The van der Waals surface area contributed by atoms with Crippen LogP contribution < -0.4 is 14.8 Å². The predicted octanol–water partition coefficient (Wildman–Crippen LogP) is 4.03. The van der Waals surface area contributed by atoms with Gasteiger partial charge in [0.05, 0.1) is 32.4 Å². The normalized spacial score (nSPS) is 16.3. The quantitative estimate of drug-likeness (QED) is 0.635. The Morgan fingerprint density at radius 2 is 2.03 bits per heavy atom. The maximum Gasteiger partial charge on any atom is 0.348 e. The Morgan fingerprint density at radius 3 is 2.73 bits per heavy atom. The molecule has 1 atom stereocenters. The minimum absolute atomic E-state index is 0.106. The smallest absolute Gasteiger partial charge is 0.348 e. The number of anilines is 1. The molecule has 1 aliphatic heterocycles. The van der Waals surface area contributed by atoms with Crippen molar-refractivity contribution >= 4 is 28.2 Å². The van der Waals surface area contributed by atoms with Crippen molar-refractivity contribution in [2.45, 2.75) is 32.7 Å². The molecule has 2 heterocycles. The molecule has 3 rings (SSSR count). The van der Waals surface area contributed by atoms with Crippen molar-refractivity contribution in [2.24, 2.45) is 0 Å². The Balaban J connectivity index is 1.68. The monoisotopic (exact) mass is 432 g/mol. The van der Waals surface area contributed by atoms with Crippen molar-refractivity contribution in [2.75, 3.05) is 39.2 Å². The van der Waals surface area contributed by atoms with E-state index in [0.717, 1.165) is 42.0 Å². The molecule has 0 saturated carbocycles. The highest BCUT2D eigenvalue weighted by Crippen LogP contribution is 2.38. The van der Waals surface area contributed by atoms with Gasteiger partial charge in [0.25, 0.3) is 0 Å². The topological polar surface area (TPSA) is 77.1 Å². The van der Waals surface area contributed by atoms with Gasteiger partial charge in [-0.25, -0.2) is 4.79 Å². The van der Waals surface area contributed by atoms with Crippen LogP contribution in [-0.2, 0) is 9.53 Å². The first kappa shape index (κ1) is 22.1. The molecule has 162 valence electrons. The third-order valence-corrected chi connectivity index (χ3v) is 6.28. The lowest BCUT2D eigenvalue weighted by Gasteiger charge is -2.25. The van der Waals surface area contributed by atoms with Crippen LogP contribution in [0, 0.1) is 6.92 Å². The minimum atomic E-state index is -0.355. The lowest BCUT2D eigenvalue weighted by Crippen LogP contribution is -2.32. The zero-order valence-corrected chi connectivity index (χ0v) is 18.6. The summed E-state index contributed by atoms with van der Waals surface area (Å²) in [6.45, 7) is 5.04. The van der Waals surface area contributed by atoms with E-state index in [0.29, 0.717) is 16.5 Å². The molecule has 0 aliphatic carbocycles. The van der Waals surface area contributed by atoms with Gasteiger partial charge in [-0.3, -0.25) is 9.69 Å². The molecule has 2 aromatic rings. The third-order valence-electron chi connectivity index (χ3n) is 5.15. The van der Waals surface area contributed by atoms with E-state index in [4.69, 9.17) is 14.2 Å². The van der Waals surface area contributed by atoms with Gasteiger partial charge in [-0.2, -0.15) is 0 Å². The summed E-state index contributed by atoms with van der Waals surface area (Å²) in [5, 5.41) is 3.58. The molecule has 8 heteroatoms. The predicted molar refractivity (Wildman–Crippen MR) is 117 cm³/mol. The molecule has 0 bridgehead atoms. The number of amides is 1. The fraction of sp³-hybridized carbons (Fsp3) is 0.455. The van der Waals surface area contributed by atoms with Crippen LogP contribution in [0.4, 0.5) is 5.00 Å². The van der Waals surface area contributed by atoms with Crippen LogP contribution in [0.1, 0.15) is 46.6 Å². The highest BCUT2D eigenvalue weighted by molar-refractivity contribution is 7.18. The fourth-order valence-electron chi connectivity index (χ4n) is 3.77. The third kappa shape index (κ3) is 4.94. The fourth-order valence-corrected chi connectivity index (χ4v) is 4.75. The van der Waals surface area contributed by atoms with Crippen LogP contribution in [0.5, 0.6) is 11.5 Å². The molecule has 1 aromatic carbocycles. The number of likely N-dealkylation sites (tertiary alicyclic amines) is 1. The molecular weight excluding hydrogens is 404 g/mol. The summed E-state index contributed by atoms with van der Waals surface area (Å²) in [6, 6.07) is 7.71. The highest BCUT2D eigenvalue weighted by Gasteiger charge is 2.30. The van der Waals surface area contributed by atoms with Crippen LogP contribution in [0.3, 0.4) is 0 Å². The summed E-state index contributed by atoms with van der Waals surface area (Å²) in [5.41, 5.74) is 1.86. The SMILES string of the molecule is CCOC(=O)c1sc(NC(=O)CN2CCCC2c2ccc(OC)cc2OC)cc1C. The Labute approximate surface area is 180 Å². The second-order valence-electron chi connectivity index (χ2n) is 7.13. The van der Waals surface area contributed by atoms with Crippen LogP contribution in [0.25, 0.3) is 0 Å². The summed E-state index contributed by atoms with van der Waals surface area (Å²) < 4.78 is 15.9. The molecule has 0 radical (unpaired) electrons. The molecular formula is C22H28N2O5S. The number of ether oxygens (including phenoxy) is 3. The number of benzene rings is 1. The van der Waals surface area contributed by atoms with Gasteiger partial charge in [0.2, 0.25) is 5.91 Å². The maximum atomic E-state index is 12.7. The number of aryl methyl sites for hydroxylation is 1. The molecule has 1 fully saturated rings. The Morgan fingerprint density at radius 1 is 1.23 bits per heavy atom. The van der Waals surface area contributed by atoms with Gasteiger partial charge >= 0.3 is 5.97 Å². The summed E-state index contributed by atoms with van der Waals surface area (Å²) in [5.74, 6) is 1.04. The van der Waals surface area contributed by atoms with Crippen molar-refractivity contribution in [3.05, 3.63) is 40.3 Å². The number of carbonyl (C=O) groups excluding carboxylic acids is 2. The van der Waals surface area contributed by atoms with E-state index >= 15 is 0 Å². The van der Waals surface area contributed by atoms with Crippen molar-refractivity contribution in [1.29, 1.82) is 0 Å². The highest BCUT2D eigenvalue weighted by atomic mass is 32.1. The van der Waals surface area contributed by atoms with Crippen LogP contribution >= 0.6 is 11.3 Å². The summed E-state index contributed by atoms with van der Waals surface area (Å²) in [6.07, 6.45) is 1.97. The van der Waals surface area contributed by atoms with Crippen molar-refractivity contribution in [1.82, 2.24) is 4.90 Å². The lowest BCUT2D eigenvalue weighted by molar-refractivity contribution is -0.117. The number of hydrogen-bond donors (Lipinski definition) is 1. The maximum absolute atomic E-state index is 12.7. The number of thiophene rings is 1. The minimum Gasteiger partial charge on any atom is -0.497 e. The Kier molecular flexibility index (Phi) is 7.33. The van der Waals surface area contributed by atoms with E-state index in [-0.39, 0.29) is 24.5 Å². The second-order valence-corrected chi connectivity index (χ2v) is 8.18. The largest absolute Gasteiger partial charge is 0.497 e. The van der Waals surface area contributed by atoms with E-state index in [1.54, 1.807) is 21.1 Å². The van der Waals surface area contributed by atoms with Gasteiger partial charge < -0.3 is 19.5 Å². The summed E-state index contributed by atoms with van der Waals surface area (Å²) in [4.78, 5) is 27.4. The molecule has 1 saturated heterocycles. The van der Waals surface area contributed by atoms with E-state index in [9.17, 15) is 9.59 Å². The second kappa shape index (κ2) is 9.95. The Hall–Kier alpha value is -2.58.